The van der Waals surface area contributed by atoms with E-state index in [0.717, 1.165) is 17.2 Å². The zero-order chi connectivity index (χ0) is 23.4. The third-order valence-electron chi connectivity index (χ3n) is 6.90. The molecule has 3 heterocycles. The Labute approximate surface area is 202 Å². The minimum atomic E-state index is -0.830. The second kappa shape index (κ2) is 7.78. The average molecular weight is 463 g/mol. The van der Waals surface area contributed by atoms with Crippen molar-refractivity contribution in [2.24, 2.45) is 4.99 Å². The van der Waals surface area contributed by atoms with Crippen molar-refractivity contribution in [1.82, 2.24) is 9.78 Å². The van der Waals surface area contributed by atoms with E-state index >= 15 is 0 Å². The summed E-state index contributed by atoms with van der Waals surface area (Å²) >= 11 is 0. The number of fused-ring (bicyclic) bond motifs is 2. The van der Waals surface area contributed by atoms with Crippen molar-refractivity contribution in [3.63, 3.8) is 0 Å². The Morgan fingerprint density at radius 3 is 2.18 bits per heavy atom. The second-order valence-electron chi connectivity index (χ2n) is 9.37. The lowest BCUT2D eigenvalue weighted by Crippen LogP contribution is -2.28. The first kappa shape index (κ1) is 21.1. The number of likely N-dealkylation sites (N-methyl/N-ethyl adjacent to an activating group) is 1. The number of allylic oxidation sites excluding steroid dienone is 2. The highest BCUT2D eigenvalue weighted by molar-refractivity contribution is 7.78. The molecule has 1 unspecified atom stereocenters. The minimum Gasteiger partial charge on any atom is -0.346 e. The molecular weight excluding hydrogens is 435 g/mol. The molecule has 2 aliphatic rings. The molecule has 34 heavy (non-hydrogen) atoms. The third kappa shape index (κ3) is 3.02. The third-order valence-corrected chi connectivity index (χ3v) is 9.50. The highest BCUT2D eigenvalue weighted by Gasteiger charge is 2.43. The Morgan fingerprint density at radius 1 is 0.824 bits per heavy atom. The van der Waals surface area contributed by atoms with Gasteiger partial charge in [-0.1, -0.05) is 80.6 Å². The zero-order valence-corrected chi connectivity index (χ0v) is 20.8. The summed E-state index contributed by atoms with van der Waals surface area (Å²) in [6, 6.07) is 29.9. The van der Waals surface area contributed by atoms with E-state index in [-0.39, 0.29) is 5.41 Å². The molecule has 5 heteroatoms. The molecule has 0 N–H and O–H groups in total. The maximum Gasteiger partial charge on any atom is 0.164 e. The predicted octanol–water partition coefficient (Wildman–Crippen LogP) is 5.97. The number of rotatable bonds is 2. The quantitative estimate of drug-likeness (QED) is 0.344. The summed E-state index contributed by atoms with van der Waals surface area (Å²) < 4.78 is 2.00. The number of benzene rings is 3. The maximum absolute atomic E-state index is 5.06. The molecule has 4 aromatic rings. The molecular formula is C29H27N4P. The number of para-hydroxylation sites is 2. The molecule has 1 aromatic heterocycles. The van der Waals surface area contributed by atoms with Crippen LogP contribution in [0.4, 0.5) is 11.5 Å². The van der Waals surface area contributed by atoms with Gasteiger partial charge in [-0.05, 0) is 43.9 Å². The van der Waals surface area contributed by atoms with Crippen LogP contribution in [0.1, 0.15) is 25.1 Å². The van der Waals surface area contributed by atoms with Crippen molar-refractivity contribution in [1.29, 1.82) is 0 Å². The fourth-order valence-corrected chi connectivity index (χ4v) is 8.18. The van der Waals surface area contributed by atoms with E-state index in [1.54, 1.807) is 0 Å². The summed E-state index contributed by atoms with van der Waals surface area (Å²) in [5.74, 6) is 0.944. The number of anilines is 1. The van der Waals surface area contributed by atoms with Crippen molar-refractivity contribution in [2.75, 3.05) is 11.9 Å². The van der Waals surface area contributed by atoms with Crippen LogP contribution in [0, 0.1) is 6.92 Å². The van der Waals surface area contributed by atoms with E-state index in [2.05, 4.69) is 106 Å². The highest BCUT2D eigenvalue weighted by atomic mass is 31.1. The maximum atomic E-state index is 5.06. The van der Waals surface area contributed by atoms with Gasteiger partial charge in [-0.25, -0.2) is 9.67 Å². The van der Waals surface area contributed by atoms with Crippen LogP contribution in [-0.2, 0) is 5.41 Å². The van der Waals surface area contributed by atoms with Crippen molar-refractivity contribution in [2.45, 2.75) is 26.2 Å². The van der Waals surface area contributed by atoms with Crippen molar-refractivity contribution < 1.29 is 0 Å². The Morgan fingerprint density at radius 2 is 1.47 bits per heavy atom. The van der Waals surface area contributed by atoms with Crippen LogP contribution in [0.2, 0.25) is 0 Å². The average Bonchev–Trinajstić information content (AvgIpc) is 3.31. The molecule has 0 bridgehead atoms. The lowest BCUT2D eigenvalue weighted by molar-refractivity contribution is 0.639. The van der Waals surface area contributed by atoms with E-state index in [4.69, 9.17) is 10.1 Å². The van der Waals surface area contributed by atoms with E-state index in [0.29, 0.717) is 0 Å². The standard InChI is InChI=1S/C29H27N4P/c1-20-26-28(33(31-20)21-13-7-5-8-14-21)30-19-25(34(26)22-15-9-6-10-16-22)27-29(2,3)23-17-11-12-18-24(23)32(27)4/h5-19H,1-4H3. The number of aryl methyl sites for hydroxylation is 1. The summed E-state index contributed by atoms with van der Waals surface area (Å²) in [7, 11) is 1.36. The van der Waals surface area contributed by atoms with Gasteiger partial charge in [0, 0.05) is 35.4 Å². The number of nitrogens with zero attached hydrogens (tertiary/aromatic N) is 4. The zero-order valence-electron chi connectivity index (χ0n) is 19.9. The lowest BCUT2D eigenvalue weighted by Gasteiger charge is -2.32. The number of hydrogen-bond acceptors (Lipinski definition) is 3. The minimum absolute atomic E-state index is 0.122. The lowest BCUT2D eigenvalue weighted by atomic mass is 9.84. The summed E-state index contributed by atoms with van der Waals surface area (Å²) in [5.41, 5.74) is 5.91. The fourth-order valence-electron chi connectivity index (χ4n) is 5.40. The SMILES string of the molecule is Cc1nn(-c2ccccc2)c2c1P(c1ccccc1)C(=C1N(C)c3ccccc3C1(C)C)C=N2. The monoisotopic (exact) mass is 462 g/mol. The van der Waals surface area contributed by atoms with E-state index in [1.165, 1.54) is 32.9 Å². The second-order valence-corrected chi connectivity index (χ2v) is 11.5. The van der Waals surface area contributed by atoms with Gasteiger partial charge in [-0.3, -0.25) is 0 Å². The van der Waals surface area contributed by atoms with Crippen LogP contribution in [-0.4, -0.2) is 23.0 Å². The smallest absolute Gasteiger partial charge is 0.164 e. The predicted molar refractivity (Wildman–Crippen MR) is 144 cm³/mol. The largest absolute Gasteiger partial charge is 0.346 e. The topological polar surface area (TPSA) is 33.4 Å². The van der Waals surface area contributed by atoms with Gasteiger partial charge < -0.3 is 4.90 Å². The van der Waals surface area contributed by atoms with Gasteiger partial charge in [-0.2, -0.15) is 5.10 Å². The molecule has 0 aliphatic carbocycles. The van der Waals surface area contributed by atoms with E-state index in [9.17, 15) is 0 Å². The summed E-state index contributed by atoms with van der Waals surface area (Å²) in [6.07, 6.45) is 2.11. The number of aliphatic imine (C=N–C) groups is 1. The van der Waals surface area contributed by atoms with Gasteiger partial charge in [0.05, 0.1) is 16.7 Å². The number of hydrogen-bond donors (Lipinski definition) is 0. The molecule has 0 fully saturated rings. The molecule has 168 valence electrons. The summed E-state index contributed by atoms with van der Waals surface area (Å²) in [5, 5.41) is 8.84. The van der Waals surface area contributed by atoms with Crippen molar-refractivity contribution in [3.05, 3.63) is 107 Å². The van der Waals surface area contributed by atoms with Crippen LogP contribution in [0.5, 0.6) is 0 Å². The summed E-state index contributed by atoms with van der Waals surface area (Å²) in [6.45, 7) is 6.79. The first-order valence-corrected chi connectivity index (χ1v) is 12.9. The van der Waals surface area contributed by atoms with Crippen LogP contribution in [0.25, 0.3) is 5.69 Å². The van der Waals surface area contributed by atoms with Crippen LogP contribution < -0.4 is 15.5 Å². The van der Waals surface area contributed by atoms with Crippen molar-refractivity contribution in [3.8, 4) is 5.69 Å². The first-order valence-electron chi connectivity index (χ1n) is 11.6. The molecule has 6 rings (SSSR count). The normalized spacial score (nSPS) is 20.4. The first-order chi connectivity index (χ1) is 16.5. The highest BCUT2D eigenvalue weighted by Crippen LogP contribution is 2.56. The van der Waals surface area contributed by atoms with E-state index in [1.807, 2.05) is 22.9 Å². The van der Waals surface area contributed by atoms with E-state index < -0.39 is 7.92 Å². The van der Waals surface area contributed by atoms with Crippen LogP contribution >= 0.6 is 7.92 Å². The molecule has 3 aromatic carbocycles. The molecule has 0 radical (unpaired) electrons. The van der Waals surface area contributed by atoms with Gasteiger partial charge in [-0.15, -0.1) is 0 Å². The van der Waals surface area contributed by atoms with Gasteiger partial charge in [0.2, 0.25) is 0 Å². The van der Waals surface area contributed by atoms with Crippen LogP contribution in [0.15, 0.2) is 101 Å². The summed E-state index contributed by atoms with van der Waals surface area (Å²) in [4.78, 5) is 7.43. The Bertz CT molecular complexity index is 1450. The van der Waals surface area contributed by atoms with Crippen molar-refractivity contribution >= 4 is 36.3 Å². The Kier molecular flexibility index (Phi) is 4.82. The molecule has 1 atom stereocenters. The molecule has 0 saturated heterocycles. The van der Waals surface area contributed by atoms with Gasteiger partial charge >= 0.3 is 0 Å². The Balaban J connectivity index is 1.63. The molecule has 0 saturated carbocycles. The molecule has 0 amide bonds. The molecule has 4 nitrogen and oxygen atoms in total. The van der Waals surface area contributed by atoms with Gasteiger partial charge in [0.15, 0.2) is 5.82 Å². The van der Waals surface area contributed by atoms with Gasteiger partial charge in [0.1, 0.15) is 0 Å². The fraction of sp³-hybridized carbons (Fsp3) is 0.172. The van der Waals surface area contributed by atoms with Gasteiger partial charge in [0.25, 0.3) is 0 Å². The number of aromatic nitrogens is 2. The Hall–Kier alpha value is -3.49. The molecule has 0 spiro atoms. The molecule has 2 aliphatic heterocycles. The van der Waals surface area contributed by atoms with Crippen LogP contribution in [0.3, 0.4) is 0 Å².